The van der Waals surface area contributed by atoms with Crippen molar-refractivity contribution in [3.63, 3.8) is 0 Å². The Bertz CT molecular complexity index is 1130. The summed E-state index contributed by atoms with van der Waals surface area (Å²) in [6, 6.07) is 0.883. The van der Waals surface area contributed by atoms with Crippen LogP contribution in [0.4, 0.5) is 0 Å². The normalized spacial score (nSPS) is 41.3. The van der Waals surface area contributed by atoms with Gasteiger partial charge in [0, 0.05) is 19.4 Å². The minimum absolute atomic E-state index is 0.635. The Kier molecular flexibility index (Phi) is 7.94. The zero-order chi connectivity index (χ0) is 26.5. The maximum atomic E-state index is 13.7. The van der Waals surface area contributed by atoms with Crippen molar-refractivity contribution in [3.8, 4) is 0 Å². The van der Waals surface area contributed by atoms with E-state index in [0.717, 1.165) is 19.2 Å². The Morgan fingerprint density at radius 1 is 1.11 bits per heavy atom. The van der Waals surface area contributed by atoms with Crippen LogP contribution in [0.1, 0.15) is 13.2 Å². The van der Waals surface area contributed by atoms with Crippen LogP contribution in [-0.4, -0.2) is 95.5 Å². The van der Waals surface area contributed by atoms with E-state index in [2.05, 4.69) is 4.52 Å². The van der Waals surface area contributed by atoms with E-state index in [1.165, 1.54) is 0 Å². The summed E-state index contributed by atoms with van der Waals surface area (Å²) in [5, 5.41) is 51.3. The molecule has 0 spiro atoms. The Balaban J connectivity index is 2.02. The van der Waals surface area contributed by atoms with Gasteiger partial charge >= 0.3 is 18.8 Å². The van der Waals surface area contributed by atoms with Gasteiger partial charge in [0.2, 0.25) is 0 Å². The Hall–Kier alpha value is -1.34. The summed E-state index contributed by atoms with van der Waals surface area (Å²) < 4.78 is 50.4. The highest BCUT2D eigenvalue weighted by atomic mass is 31.2. The number of hydrogen-bond donors (Lipinski definition) is 7. The van der Waals surface area contributed by atoms with Crippen LogP contribution < -0.4 is 16.1 Å². The van der Waals surface area contributed by atoms with Gasteiger partial charge in [-0.2, -0.15) is 0 Å². The van der Waals surface area contributed by atoms with Crippen molar-refractivity contribution in [2.24, 2.45) is 0 Å². The fourth-order valence-corrected chi connectivity index (χ4v) is 6.46. The molecule has 20 heteroatoms. The maximum Gasteiger partial charge on any atom is 0.395 e. The Morgan fingerprint density at radius 2 is 1.74 bits per heavy atom. The molecule has 11 atom stereocenters. The third-order valence-electron chi connectivity index (χ3n) is 5.31. The van der Waals surface area contributed by atoms with Crippen LogP contribution in [0.2, 0.25) is 0 Å². The van der Waals surface area contributed by atoms with Crippen molar-refractivity contribution in [1.82, 2.24) is 9.55 Å². The van der Waals surface area contributed by atoms with Crippen LogP contribution in [0.5, 0.6) is 0 Å². The van der Waals surface area contributed by atoms with E-state index in [1.807, 2.05) is 4.98 Å². The van der Waals surface area contributed by atoms with Gasteiger partial charge in [0.15, 0.2) is 12.5 Å². The van der Waals surface area contributed by atoms with Crippen LogP contribution in [0.15, 0.2) is 21.9 Å². The topological polar surface area (TPSA) is 280 Å². The number of phosphoric ester groups is 1. The van der Waals surface area contributed by atoms with Gasteiger partial charge in [0.1, 0.15) is 30.5 Å². The van der Waals surface area contributed by atoms with Crippen LogP contribution in [0.25, 0.3) is 0 Å². The predicted octanol–water partition coefficient (Wildman–Crippen LogP) is -4.40. The van der Waals surface area contributed by atoms with Gasteiger partial charge in [-0.1, -0.05) is 0 Å². The monoisotopic (exact) mass is 549 g/mol. The summed E-state index contributed by atoms with van der Waals surface area (Å²) in [6.07, 6.45) is -15.5. The third kappa shape index (κ3) is 5.09. The Labute approximate surface area is 195 Å². The SMILES string of the molecule is COP(=O)(O[C@H]1O[C@@H](n2ccc(=O)[nH]c2=O)[C@H](O)[C@@H]1O)[C@@]1(OP(=O)([O-])O)O[C@@H](C)[C@H](O)[C@@H](O)[C@H]1O. The summed E-state index contributed by atoms with van der Waals surface area (Å²) in [6.45, 7) is 1.05. The van der Waals surface area contributed by atoms with Gasteiger partial charge in [0.05, 0.1) is 6.10 Å². The quantitative estimate of drug-likeness (QED) is 0.158. The zero-order valence-corrected chi connectivity index (χ0v) is 19.7. The molecule has 0 aliphatic carbocycles. The molecular weight excluding hydrogens is 526 g/mol. The molecule has 18 nitrogen and oxygen atoms in total. The molecule has 0 bridgehead atoms. The molecule has 0 saturated carbocycles. The second-order valence-corrected chi connectivity index (χ2v) is 10.9. The highest BCUT2D eigenvalue weighted by Gasteiger charge is 2.68. The van der Waals surface area contributed by atoms with Crippen LogP contribution >= 0.6 is 15.4 Å². The van der Waals surface area contributed by atoms with Crippen molar-refractivity contribution in [1.29, 1.82) is 0 Å². The third-order valence-corrected chi connectivity index (χ3v) is 8.15. The predicted molar refractivity (Wildman–Crippen MR) is 105 cm³/mol. The van der Waals surface area contributed by atoms with E-state index in [0.29, 0.717) is 11.7 Å². The molecule has 0 radical (unpaired) electrons. The van der Waals surface area contributed by atoms with Crippen molar-refractivity contribution in [3.05, 3.63) is 33.1 Å². The summed E-state index contributed by atoms with van der Waals surface area (Å²) in [4.78, 5) is 46.0. The van der Waals surface area contributed by atoms with Crippen molar-refractivity contribution >= 4 is 15.4 Å². The molecule has 7 N–H and O–H groups in total. The van der Waals surface area contributed by atoms with Crippen LogP contribution in [-0.2, 0) is 32.2 Å². The average molecular weight is 549 g/mol. The number of phosphoric acid groups is 1. The van der Waals surface area contributed by atoms with Gasteiger partial charge in [-0.15, -0.1) is 0 Å². The molecule has 2 fully saturated rings. The first-order valence-electron chi connectivity index (χ1n) is 9.71. The molecule has 35 heavy (non-hydrogen) atoms. The van der Waals surface area contributed by atoms with Gasteiger partial charge in [0.25, 0.3) is 13.4 Å². The van der Waals surface area contributed by atoms with Crippen molar-refractivity contribution < 1.29 is 67.5 Å². The van der Waals surface area contributed by atoms with E-state index >= 15 is 0 Å². The second-order valence-electron chi connectivity index (χ2n) is 7.62. The summed E-state index contributed by atoms with van der Waals surface area (Å²) in [7, 11) is -10.8. The molecule has 3 rings (SSSR count). The van der Waals surface area contributed by atoms with Crippen molar-refractivity contribution in [2.75, 3.05) is 7.11 Å². The lowest BCUT2D eigenvalue weighted by atomic mass is 10.00. The number of hydrogen-bond acceptors (Lipinski definition) is 15. The fourth-order valence-electron chi connectivity index (χ4n) is 3.56. The van der Waals surface area contributed by atoms with Gasteiger partial charge in [-0.3, -0.25) is 32.5 Å². The number of aromatic amines is 1. The standard InChI is InChI=1S/C15H24N2O16P2/c1-5-7(19)8(20)11(23)15(31-5,33-35(26,27)28)34(25,29-2)32-13-10(22)9(21)12(30-13)17-4-3-6(18)16-14(17)24/h3-5,7-13,19-23H,1-2H3,(H,16,18,24)(H2,26,27,28)/p-1/t5-,7-,8+,9+,10-,11+,12+,13+,15+,34?/m0/s1. The summed E-state index contributed by atoms with van der Waals surface area (Å²) >= 11 is 0. The first kappa shape index (κ1) is 28.2. The van der Waals surface area contributed by atoms with E-state index in [1.54, 1.807) is 0 Å². The van der Waals surface area contributed by atoms with Crippen LogP contribution in [0, 0.1) is 0 Å². The van der Waals surface area contributed by atoms with Crippen LogP contribution in [0.3, 0.4) is 0 Å². The molecule has 1 aromatic heterocycles. The maximum absolute atomic E-state index is 13.7. The van der Waals surface area contributed by atoms with Gasteiger partial charge in [-0.05, 0) is 6.92 Å². The highest BCUT2D eigenvalue weighted by molar-refractivity contribution is 7.56. The zero-order valence-electron chi connectivity index (χ0n) is 17.9. The number of rotatable bonds is 7. The van der Waals surface area contributed by atoms with E-state index < -0.39 is 81.3 Å². The fraction of sp³-hybridized carbons (Fsp3) is 0.733. The number of aliphatic hydroxyl groups is 5. The highest BCUT2D eigenvalue weighted by Crippen LogP contribution is 2.68. The lowest BCUT2D eigenvalue weighted by Gasteiger charge is -2.49. The number of ether oxygens (including phenoxy) is 2. The lowest BCUT2D eigenvalue weighted by molar-refractivity contribution is -0.324. The molecule has 200 valence electrons. The number of nitrogens with zero attached hydrogens (tertiary/aromatic N) is 1. The molecule has 2 saturated heterocycles. The number of aliphatic hydroxyl groups excluding tert-OH is 5. The summed E-state index contributed by atoms with van der Waals surface area (Å²) in [5.41, 5.74) is -5.40. The first-order chi connectivity index (χ1) is 16.1. The van der Waals surface area contributed by atoms with E-state index in [9.17, 15) is 54.0 Å². The molecule has 1 aromatic rings. The number of aromatic nitrogens is 2. The number of nitrogens with one attached hydrogen (secondary N) is 1. The average Bonchev–Trinajstić information content (AvgIpc) is 3.03. The molecule has 2 unspecified atom stereocenters. The molecule has 2 aliphatic rings. The minimum atomic E-state index is -5.95. The molecular formula is C15H23N2O16P2-. The largest absolute Gasteiger partial charge is 0.756 e. The molecule has 2 aliphatic heterocycles. The Morgan fingerprint density at radius 3 is 2.29 bits per heavy atom. The number of H-pyrrole nitrogens is 1. The second kappa shape index (κ2) is 9.85. The van der Waals surface area contributed by atoms with Gasteiger partial charge < -0.3 is 49.3 Å². The van der Waals surface area contributed by atoms with E-state index in [-0.39, 0.29) is 0 Å². The van der Waals surface area contributed by atoms with Crippen molar-refractivity contribution in [2.45, 2.75) is 61.6 Å². The smallest absolute Gasteiger partial charge is 0.395 e. The lowest BCUT2D eigenvalue weighted by Crippen LogP contribution is -2.64. The van der Waals surface area contributed by atoms with E-state index in [4.69, 9.17) is 18.5 Å². The molecule has 3 heterocycles. The minimum Gasteiger partial charge on any atom is -0.756 e. The summed E-state index contributed by atoms with van der Waals surface area (Å²) in [5.74, 6) is 0. The molecule has 0 amide bonds. The molecule has 0 aromatic carbocycles. The first-order valence-corrected chi connectivity index (χ1v) is 12.7. The van der Waals surface area contributed by atoms with Gasteiger partial charge in [-0.25, -0.2) is 4.79 Å².